The van der Waals surface area contributed by atoms with Gasteiger partial charge in [0.05, 0.1) is 0 Å². The van der Waals surface area contributed by atoms with Gasteiger partial charge in [0.1, 0.15) is 5.82 Å². The Balaban J connectivity index is 0.00000121. The first-order chi connectivity index (χ1) is 5.22. The average Bonchev–Trinajstić information content (AvgIpc) is 2.05. The fourth-order valence-electron chi connectivity index (χ4n) is 0.646. The summed E-state index contributed by atoms with van der Waals surface area (Å²) >= 11 is 9.60. The third-order valence-corrected chi connectivity index (χ3v) is 1.81. The van der Waals surface area contributed by atoms with Crippen LogP contribution in [0.1, 0.15) is 0 Å². The standard InChI is InChI=1S/C7H8N2S2.Na/c1-9(7(10)11)6-4-2-3-5-8-6;/h2-5H,1H3,(H,10,11);/q;+1/p-1. The monoisotopic (exact) mass is 206 g/mol. The van der Waals surface area contributed by atoms with Crippen molar-refractivity contribution in [1.29, 1.82) is 0 Å². The van der Waals surface area contributed by atoms with E-state index in [9.17, 15) is 0 Å². The molecule has 0 aromatic carbocycles. The van der Waals surface area contributed by atoms with Crippen molar-refractivity contribution in [2.45, 2.75) is 0 Å². The smallest absolute Gasteiger partial charge is 0.411 e. The molecule has 0 aliphatic rings. The molecule has 0 fully saturated rings. The van der Waals surface area contributed by atoms with Crippen LogP contribution in [0, 0.1) is 0 Å². The van der Waals surface area contributed by atoms with E-state index in [1.807, 2.05) is 18.2 Å². The summed E-state index contributed by atoms with van der Waals surface area (Å²) in [5.74, 6) is 0.785. The number of pyridine rings is 1. The molecule has 58 valence electrons. The topological polar surface area (TPSA) is 16.1 Å². The molecule has 1 aromatic heterocycles. The second-order valence-electron chi connectivity index (χ2n) is 2.01. The van der Waals surface area contributed by atoms with Gasteiger partial charge in [-0.2, -0.15) is 0 Å². The zero-order valence-corrected chi connectivity index (χ0v) is 10.7. The number of hydrogen-bond donors (Lipinski definition) is 0. The summed E-state index contributed by atoms with van der Waals surface area (Å²) in [6, 6.07) is 5.61. The van der Waals surface area contributed by atoms with Crippen LogP contribution in [-0.2, 0) is 12.6 Å². The van der Waals surface area contributed by atoms with E-state index in [0.29, 0.717) is 4.32 Å². The summed E-state index contributed by atoms with van der Waals surface area (Å²) < 4.78 is 0.406. The van der Waals surface area contributed by atoms with Gasteiger partial charge in [-0.3, -0.25) is 0 Å². The van der Waals surface area contributed by atoms with Gasteiger partial charge in [-0.1, -0.05) is 10.4 Å². The summed E-state index contributed by atoms with van der Waals surface area (Å²) in [7, 11) is 1.80. The maximum atomic E-state index is 4.80. The Labute approximate surface area is 105 Å². The van der Waals surface area contributed by atoms with Crippen molar-refractivity contribution in [3.63, 3.8) is 0 Å². The zero-order chi connectivity index (χ0) is 8.27. The van der Waals surface area contributed by atoms with E-state index >= 15 is 0 Å². The van der Waals surface area contributed by atoms with Crippen LogP contribution in [0.25, 0.3) is 0 Å². The second kappa shape index (κ2) is 5.83. The molecule has 0 amide bonds. The second-order valence-corrected chi connectivity index (χ2v) is 3.04. The van der Waals surface area contributed by atoms with E-state index < -0.39 is 0 Å². The Hall–Kier alpha value is 0.260. The summed E-state index contributed by atoms with van der Waals surface area (Å²) in [5.41, 5.74) is 0. The van der Waals surface area contributed by atoms with Crippen molar-refractivity contribution in [1.82, 2.24) is 4.98 Å². The van der Waals surface area contributed by atoms with E-state index in [0.717, 1.165) is 5.82 Å². The minimum atomic E-state index is 0. The van der Waals surface area contributed by atoms with Crippen molar-refractivity contribution in [2.24, 2.45) is 0 Å². The fraction of sp³-hybridized carbons (Fsp3) is 0.143. The predicted molar refractivity (Wildman–Crippen MR) is 52.6 cm³/mol. The van der Waals surface area contributed by atoms with Crippen molar-refractivity contribution >= 4 is 35.0 Å². The van der Waals surface area contributed by atoms with E-state index in [4.69, 9.17) is 24.8 Å². The first-order valence-electron chi connectivity index (χ1n) is 3.07. The Morgan fingerprint density at radius 3 is 2.67 bits per heavy atom. The van der Waals surface area contributed by atoms with Gasteiger partial charge in [0.25, 0.3) is 0 Å². The maximum absolute atomic E-state index is 4.80. The van der Waals surface area contributed by atoms with Crippen LogP contribution in [0.5, 0.6) is 0 Å². The van der Waals surface area contributed by atoms with Crippen LogP contribution in [0.15, 0.2) is 24.4 Å². The third kappa shape index (κ3) is 3.33. The molecule has 0 bridgehead atoms. The van der Waals surface area contributed by atoms with E-state index in [1.54, 1.807) is 18.1 Å². The van der Waals surface area contributed by atoms with Gasteiger partial charge in [-0.25, -0.2) is 4.98 Å². The fourth-order valence-corrected chi connectivity index (χ4v) is 0.833. The number of thiocarbonyl (C=S) groups is 1. The molecule has 1 heterocycles. The SMILES string of the molecule is CN(C(=S)[S-])c1ccccn1.[Na+]. The molecule has 0 atom stereocenters. The van der Waals surface area contributed by atoms with Gasteiger partial charge in [0, 0.05) is 13.2 Å². The molecular formula is C7H7N2NaS2. The number of anilines is 1. The number of hydrogen-bond acceptors (Lipinski definition) is 3. The number of nitrogens with zero attached hydrogens (tertiary/aromatic N) is 2. The summed E-state index contributed by atoms with van der Waals surface area (Å²) in [4.78, 5) is 5.76. The largest absolute Gasteiger partial charge is 1.00 e. The van der Waals surface area contributed by atoms with Crippen LogP contribution in [0.4, 0.5) is 5.82 Å². The van der Waals surface area contributed by atoms with Crippen LogP contribution in [0.2, 0.25) is 0 Å². The van der Waals surface area contributed by atoms with Crippen molar-refractivity contribution in [3.05, 3.63) is 24.4 Å². The average molecular weight is 206 g/mol. The quantitative estimate of drug-likeness (QED) is 0.311. The predicted octanol–water partition coefficient (Wildman–Crippen LogP) is -1.65. The summed E-state index contributed by atoms with van der Waals surface area (Å²) in [6.45, 7) is 0. The minimum Gasteiger partial charge on any atom is -0.411 e. The molecule has 0 saturated heterocycles. The van der Waals surface area contributed by atoms with Crippen molar-refractivity contribution < 1.29 is 29.6 Å². The van der Waals surface area contributed by atoms with Crippen LogP contribution in [-0.4, -0.2) is 16.4 Å². The Morgan fingerprint density at radius 1 is 1.58 bits per heavy atom. The number of aromatic nitrogens is 1. The van der Waals surface area contributed by atoms with E-state index in [1.165, 1.54) is 0 Å². The normalized spacial score (nSPS) is 8.42. The van der Waals surface area contributed by atoms with Gasteiger partial charge >= 0.3 is 29.6 Å². The number of rotatable bonds is 1. The molecule has 0 aliphatic heterocycles. The van der Waals surface area contributed by atoms with Gasteiger partial charge in [0.15, 0.2) is 0 Å². The van der Waals surface area contributed by atoms with Crippen molar-refractivity contribution in [2.75, 3.05) is 11.9 Å². The van der Waals surface area contributed by atoms with Crippen LogP contribution in [0.3, 0.4) is 0 Å². The first-order valence-corrected chi connectivity index (χ1v) is 3.89. The van der Waals surface area contributed by atoms with Gasteiger partial charge in [-0.15, -0.1) is 0 Å². The molecule has 1 aromatic rings. The molecule has 0 saturated carbocycles. The zero-order valence-electron chi connectivity index (χ0n) is 7.02. The first kappa shape index (κ1) is 12.3. The van der Waals surface area contributed by atoms with Crippen LogP contribution >= 0.6 is 12.2 Å². The molecule has 1 rings (SSSR count). The molecule has 12 heavy (non-hydrogen) atoms. The molecule has 0 N–H and O–H groups in total. The molecule has 0 spiro atoms. The summed E-state index contributed by atoms with van der Waals surface area (Å²) in [6.07, 6.45) is 1.71. The minimum absolute atomic E-state index is 0. The van der Waals surface area contributed by atoms with Gasteiger partial charge in [-0.05, 0) is 12.1 Å². The molecule has 0 aliphatic carbocycles. The summed E-state index contributed by atoms with van der Waals surface area (Å²) in [5, 5.41) is 0. The van der Waals surface area contributed by atoms with Crippen molar-refractivity contribution in [3.8, 4) is 0 Å². The molecular weight excluding hydrogens is 199 g/mol. The van der Waals surface area contributed by atoms with Crippen LogP contribution < -0.4 is 34.5 Å². The third-order valence-electron chi connectivity index (χ3n) is 1.27. The van der Waals surface area contributed by atoms with Gasteiger partial charge in [0.2, 0.25) is 0 Å². The Kier molecular flexibility index (Phi) is 5.96. The van der Waals surface area contributed by atoms with E-state index in [-0.39, 0.29) is 29.6 Å². The molecule has 0 radical (unpaired) electrons. The molecule has 5 heteroatoms. The maximum Gasteiger partial charge on any atom is 1.00 e. The molecule has 2 nitrogen and oxygen atoms in total. The van der Waals surface area contributed by atoms with E-state index in [2.05, 4.69) is 4.98 Å². The Morgan fingerprint density at radius 2 is 2.25 bits per heavy atom. The molecule has 0 unspecified atom stereocenters. The Bertz CT molecular complexity index is 253. The van der Waals surface area contributed by atoms with Gasteiger partial charge < -0.3 is 29.7 Å².